The van der Waals surface area contributed by atoms with Crippen LogP contribution in [0.2, 0.25) is 10.0 Å². The Bertz CT molecular complexity index is 856. The molecule has 0 aromatic heterocycles. The number of amides is 1. The highest BCUT2D eigenvalue weighted by atomic mass is 35.5. The highest BCUT2D eigenvalue weighted by Crippen LogP contribution is 2.30. The van der Waals surface area contributed by atoms with E-state index in [2.05, 4.69) is 10.6 Å². The zero-order valence-corrected chi connectivity index (χ0v) is 17.5. The first-order valence-electron chi connectivity index (χ1n) is 8.76. The molecule has 2 aromatic carbocycles. The molecular formula is C20H22Cl2N2O5. The fraction of sp³-hybridized carbons (Fsp3) is 0.300. The molecule has 2 rings (SSSR count). The van der Waals surface area contributed by atoms with Gasteiger partial charge in [-0.2, -0.15) is 0 Å². The van der Waals surface area contributed by atoms with Crippen molar-refractivity contribution in [2.24, 2.45) is 0 Å². The molecule has 0 spiro atoms. The fourth-order valence-electron chi connectivity index (χ4n) is 2.67. The van der Waals surface area contributed by atoms with Crippen LogP contribution >= 0.6 is 23.2 Å². The van der Waals surface area contributed by atoms with Crippen molar-refractivity contribution in [2.75, 3.05) is 26.1 Å². The van der Waals surface area contributed by atoms with Gasteiger partial charge in [0, 0.05) is 0 Å². The minimum Gasteiger partial charge on any atom is -0.493 e. The van der Waals surface area contributed by atoms with Gasteiger partial charge in [-0.05, 0) is 42.8 Å². The van der Waals surface area contributed by atoms with Gasteiger partial charge in [0.1, 0.15) is 6.04 Å². The summed E-state index contributed by atoms with van der Waals surface area (Å²) in [6.45, 7) is 0.354. The van der Waals surface area contributed by atoms with E-state index >= 15 is 0 Å². The number of halogens is 2. The second-order valence-corrected chi connectivity index (χ2v) is 6.95. The normalized spacial score (nSPS) is 11.6. The molecule has 0 heterocycles. The van der Waals surface area contributed by atoms with E-state index in [0.29, 0.717) is 24.5 Å². The largest absolute Gasteiger partial charge is 0.493 e. The second kappa shape index (κ2) is 10.9. The van der Waals surface area contributed by atoms with Crippen molar-refractivity contribution in [2.45, 2.75) is 18.9 Å². The summed E-state index contributed by atoms with van der Waals surface area (Å²) in [5.41, 5.74) is 1.20. The van der Waals surface area contributed by atoms with Crippen molar-refractivity contribution in [3.8, 4) is 11.5 Å². The summed E-state index contributed by atoms with van der Waals surface area (Å²) in [5.74, 6) is -0.429. The molecule has 0 aliphatic heterocycles. The van der Waals surface area contributed by atoms with Crippen molar-refractivity contribution in [3.05, 3.63) is 52.0 Å². The number of hydrogen-bond acceptors (Lipinski definition) is 5. The topological polar surface area (TPSA) is 96.9 Å². The third-order valence-corrected chi connectivity index (χ3v) is 4.80. The molecular weight excluding hydrogens is 419 g/mol. The quantitative estimate of drug-likeness (QED) is 0.521. The summed E-state index contributed by atoms with van der Waals surface area (Å²) in [4.78, 5) is 23.8. The average molecular weight is 441 g/mol. The first-order valence-corrected chi connectivity index (χ1v) is 9.52. The third kappa shape index (κ3) is 6.52. The number of carbonyl (C=O) groups excluding carboxylic acids is 1. The Balaban J connectivity index is 1.93. The van der Waals surface area contributed by atoms with Gasteiger partial charge in [-0.15, -0.1) is 0 Å². The first-order chi connectivity index (χ1) is 13.8. The van der Waals surface area contributed by atoms with Crippen LogP contribution in [-0.4, -0.2) is 43.8 Å². The van der Waals surface area contributed by atoms with E-state index in [0.717, 1.165) is 5.56 Å². The van der Waals surface area contributed by atoms with Gasteiger partial charge in [0.15, 0.2) is 11.5 Å². The maximum Gasteiger partial charge on any atom is 0.321 e. The van der Waals surface area contributed by atoms with Crippen molar-refractivity contribution in [3.63, 3.8) is 0 Å². The Morgan fingerprint density at radius 2 is 1.72 bits per heavy atom. The Morgan fingerprint density at radius 1 is 1.07 bits per heavy atom. The summed E-state index contributed by atoms with van der Waals surface area (Å²) >= 11 is 12.0. The predicted octanol–water partition coefficient (Wildman–Crippen LogP) is 3.62. The molecule has 2 aromatic rings. The predicted molar refractivity (Wildman–Crippen MR) is 112 cm³/mol. The van der Waals surface area contributed by atoms with Crippen LogP contribution in [0.15, 0.2) is 36.4 Å². The van der Waals surface area contributed by atoms with Crippen molar-refractivity contribution in [1.82, 2.24) is 5.32 Å². The van der Waals surface area contributed by atoms with E-state index in [1.807, 2.05) is 12.1 Å². The van der Waals surface area contributed by atoms with Gasteiger partial charge >= 0.3 is 5.97 Å². The summed E-state index contributed by atoms with van der Waals surface area (Å²) < 4.78 is 10.5. The van der Waals surface area contributed by atoms with Gasteiger partial charge in [0.25, 0.3) is 0 Å². The molecule has 1 amide bonds. The van der Waals surface area contributed by atoms with Crippen LogP contribution < -0.4 is 20.1 Å². The van der Waals surface area contributed by atoms with Gasteiger partial charge in [0.2, 0.25) is 5.91 Å². The molecule has 7 nitrogen and oxygen atoms in total. The number of anilines is 1. The molecule has 1 atom stereocenters. The Morgan fingerprint density at radius 3 is 2.31 bits per heavy atom. The fourth-order valence-corrected chi connectivity index (χ4v) is 3.16. The molecule has 29 heavy (non-hydrogen) atoms. The van der Waals surface area contributed by atoms with Crippen LogP contribution in [0.1, 0.15) is 12.0 Å². The maximum absolute atomic E-state index is 12.3. The number of hydrogen-bond donors (Lipinski definition) is 3. The molecule has 0 fully saturated rings. The number of carboxylic acid groups (broad SMARTS) is 1. The first kappa shape index (κ1) is 22.8. The molecule has 156 valence electrons. The van der Waals surface area contributed by atoms with Gasteiger partial charge in [0.05, 0.1) is 36.4 Å². The summed E-state index contributed by atoms with van der Waals surface area (Å²) in [7, 11) is 3.10. The van der Waals surface area contributed by atoms with E-state index in [4.69, 9.17) is 32.7 Å². The van der Waals surface area contributed by atoms with Gasteiger partial charge in [-0.25, -0.2) is 0 Å². The minimum atomic E-state index is -1.13. The Kier molecular flexibility index (Phi) is 8.57. The molecule has 9 heteroatoms. The van der Waals surface area contributed by atoms with E-state index in [1.54, 1.807) is 38.5 Å². The van der Waals surface area contributed by atoms with E-state index in [9.17, 15) is 14.7 Å². The molecule has 0 saturated carbocycles. The van der Waals surface area contributed by atoms with Crippen LogP contribution in [0, 0.1) is 0 Å². The number of carbonyl (C=O) groups is 2. The van der Waals surface area contributed by atoms with E-state index in [1.165, 1.54) is 0 Å². The third-order valence-electron chi connectivity index (χ3n) is 4.17. The molecule has 1 unspecified atom stereocenters. The lowest BCUT2D eigenvalue weighted by molar-refractivity contribution is -0.141. The lowest BCUT2D eigenvalue weighted by Gasteiger charge is -2.16. The number of ether oxygens (including phenoxy) is 2. The summed E-state index contributed by atoms with van der Waals surface area (Å²) in [5, 5.41) is 15.4. The number of rotatable bonds is 10. The standard InChI is InChI=1S/C20H22Cl2N2O5/c1-28-16-7-6-12(10-17(16)29-2)8-9-23-15(20(26)27)11-18(25)24-19-13(21)4-3-5-14(19)22/h3-7,10,15,23H,8-9,11H2,1-2H3,(H,24,25)(H,26,27). The Labute approximate surface area is 178 Å². The summed E-state index contributed by atoms with van der Waals surface area (Å²) in [6, 6.07) is 9.22. The zero-order chi connectivity index (χ0) is 21.4. The highest BCUT2D eigenvalue weighted by molar-refractivity contribution is 6.39. The van der Waals surface area contributed by atoms with Gasteiger partial charge < -0.3 is 25.2 Å². The number of nitrogens with one attached hydrogen (secondary N) is 2. The second-order valence-electron chi connectivity index (χ2n) is 6.13. The van der Waals surface area contributed by atoms with Gasteiger partial charge in [-0.1, -0.05) is 35.3 Å². The van der Waals surface area contributed by atoms with E-state index < -0.39 is 17.9 Å². The van der Waals surface area contributed by atoms with Crippen LogP contribution in [-0.2, 0) is 16.0 Å². The number of aliphatic carboxylic acids is 1. The SMILES string of the molecule is COc1ccc(CCNC(CC(=O)Nc2c(Cl)cccc2Cl)C(=O)O)cc1OC. The minimum absolute atomic E-state index is 0.260. The van der Waals surface area contributed by atoms with Gasteiger partial charge in [-0.3, -0.25) is 9.59 Å². The van der Waals surface area contributed by atoms with Crippen molar-refractivity contribution in [1.29, 1.82) is 0 Å². The number of methoxy groups -OCH3 is 2. The van der Waals surface area contributed by atoms with Crippen LogP contribution in [0.5, 0.6) is 11.5 Å². The van der Waals surface area contributed by atoms with Crippen molar-refractivity contribution >= 4 is 40.8 Å². The van der Waals surface area contributed by atoms with Crippen LogP contribution in [0.4, 0.5) is 5.69 Å². The Hall–Kier alpha value is -2.48. The molecule has 3 N–H and O–H groups in total. The molecule has 0 aliphatic rings. The zero-order valence-electron chi connectivity index (χ0n) is 16.0. The van der Waals surface area contributed by atoms with E-state index in [-0.39, 0.29) is 22.2 Å². The smallest absolute Gasteiger partial charge is 0.321 e. The molecule has 0 bridgehead atoms. The lowest BCUT2D eigenvalue weighted by Crippen LogP contribution is -2.40. The summed E-state index contributed by atoms with van der Waals surface area (Å²) in [6.07, 6.45) is 0.269. The van der Waals surface area contributed by atoms with Crippen LogP contribution in [0.3, 0.4) is 0 Å². The average Bonchev–Trinajstić information content (AvgIpc) is 2.69. The number of carboxylic acids is 1. The molecule has 0 aliphatic carbocycles. The maximum atomic E-state index is 12.3. The number of benzene rings is 2. The molecule has 0 saturated heterocycles. The van der Waals surface area contributed by atoms with Crippen LogP contribution in [0.25, 0.3) is 0 Å². The molecule has 0 radical (unpaired) electrons. The van der Waals surface area contributed by atoms with Crippen molar-refractivity contribution < 1.29 is 24.2 Å². The monoisotopic (exact) mass is 440 g/mol. The number of para-hydroxylation sites is 1. The highest BCUT2D eigenvalue weighted by Gasteiger charge is 2.21. The lowest BCUT2D eigenvalue weighted by atomic mass is 10.1.